The zero-order valence-corrected chi connectivity index (χ0v) is 10.3. The molecule has 0 saturated carbocycles. The van der Waals surface area contributed by atoms with Gasteiger partial charge in [0, 0.05) is 18.5 Å². The molecule has 0 atom stereocenters. The number of hydrogen-bond acceptors (Lipinski definition) is 6. The van der Waals surface area contributed by atoms with E-state index in [1.54, 1.807) is 0 Å². The smallest absolute Gasteiger partial charge is 0.267 e. The molecule has 0 aromatic carbocycles. The molecule has 2 heterocycles. The van der Waals surface area contributed by atoms with Crippen molar-refractivity contribution < 1.29 is 15.0 Å². The molecule has 0 unspecified atom stereocenters. The summed E-state index contributed by atoms with van der Waals surface area (Å²) in [6.45, 7) is -0.244. The van der Waals surface area contributed by atoms with Gasteiger partial charge in [-0.15, -0.1) is 0 Å². The van der Waals surface area contributed by atoms with Crippen LogP contribution in [0.1, 0.15) is 10.4 Å². The minimum absolute atomic E-state index is 0.0758. The third-order valence-electron chi connectivity index (χ3n) is 2.58. The van der Waals surface area contributed by atoms with Crippen molar-refractivity contribution in [3.8, 4) is 0 Å². The number of aromatic nitrogens is 2. The predicted molar refractivity (Wildman–Crippen MR) is 64.6 cm³/mol. The molecule has 98 valence electrons. The van der Waals surface area contributed by atoms with Crippen molar-refractivity contribution in [3.63, 3.8) is 0 Å². The van der Waals surface area contributed by atoms with Crippen LogP contribution in [0.5, 0.6) is 0 Å². The third kappa shape index (κ3) is 2.40. The molecule has 0 bridgehead atoms. The van der Waals surface area contributed by atoms with Crippen LogP contribution in [-0.2, 0) is 6.54 Å². The summed E-state index contributed by atoms with van der Waals surface area (Å²) in [7, 11) is 0. The average Bonchev–Trinajstić information content (AvgIpc) is 2.85. The van der Waals surface area contributed by atoms with Crippen LogP contribution in [0.3, 0.4) is 0 Å². The van der Waals surface area contributed by atoms with Crippen molar-refractivity contribution in [3.05, 3.63) is 22.1 Å². The van der Waals surface area contributed by atoms with Crippen LogP contribution in [0.2, 0.25) is 0 Å². The molecule has 0 radical (unpaired) electrons. The van der Waals surface area contributed by atoms with Crippen molar-refractivity contribution in [1.82, 2.24) is 14.9 Å². The first kappa shape index (κ1) is 13.1. The molecule has 3 N–H and O–H groups in total. The summed E-state index contributed by atoms with van der Waals surface area (Å²) in [4.78, 5) is 27.8. The quantitative estimate of drug-likeness (QED) is 0.572. The Kier molecular flexibility index (Phi) is 4.00. The Labute approximate surface area is 107 Å². The molecular weight excluding hydrogens is 258 g/mol. The Morgan fingerprint density at radius 3 is 2.94 bits per heavy atom. The summed E-state index contributed by atoms with van der Waals surface area (Å²) in [5.74, 6) is 0.135. The first-order valence-corrected chi connectivity index (χ1v) is 6.41. The zero-order chi connectivity index (χ0) is 13.1. The highest BCUT2D eigenvalue weighted by Crippen LogP contribution is 2.20. The van der Waals surface area contributed by atoms with E-state index in [0.29, 0.717) is 11.7 Å². The summed E-state index contributed by atoms with van der Waals surface area (Å²) in [5.41, 5.74) is -0.467. The van der Waals surface area contributed by atoms with Crippen LogP contribution in [0.25, 0.3) is 0 Å². The number of amides is 1. The van der Waals surface area contributed by atoms with Gasteiger partial charge in [-0.2, -0.15) is 0 Å². The van der Waals surface area contributed by atoms with Crippen molar-refractivity contribution in [2.75, 3.05) is 19.0 Å². The molecule has 1 amide bonds. The normalized spacial score (nSPS) is 13.7. The maximum atomic E-state index is 12.0. The fourth-order valence-corrected chi connectivity index (χ4v) is 2.50. The number of rotatable bonds is 4. The molecular formula is C10H13N3O4S. The first-order chi connectivity index (χ1) is 8.67. The van der Waals surface area contributed by atoms with Crippen molar-refractivity contribution in [2.45, 2.75) is 17.7 Å². The molecule has 0 aliphatic carbocycles. The molecule has 1 aliphatic heterocycles. The van der Waals surface area contributed by atoms with E-state index in [2.05, 4.69) is 10.3 Å². The number of aliphatic hydroxyl groups excluding tert-OH is 2. The molecule has 2 rings (SSSR count). The summed E-state index contributed by atoms with van der Waals surface area (Å²) in [6.07, 6.45) is 1.23. The first-order valence-electron chi connectivity index (χ1n) is 5.42. The molecule has 0 saturated heterocycles. The Morgan fingerprint density at radius 2 is 2.28 bits per heavy atom. The van der Waals surface area contributed by atoms with Gasteiger partial charge in [-0.3, -0.25) is 14.2 Å². The van der Waals surface area contributed by atoms with E-state index in [1.165, 1.54) is 22.5 Å². The fraction of sp³-hybridized carbons (Fsp3) is 0.500. The molecule has 7 nitrogen and oxygen atoms in total. The van der Waals surface area contributed by atoms with Gasteiger partial charge in [0.15, 0.2) is 5.16 Å². The van der Waals surface area contributed by atoms with Crippen LogP contribution in [0, 0.1) is 0 Å². The highest BCUT2D eigenvalue weighted by molar-refractivity contribution is 7.99. The number of carbonyl (C=O) groups is 1. The lowest BCUT2D eigenvalue weighted by molar-refractivity contribution is 0.0876. The molecule has 8 heteroatoms. The van der Waals surface area contributed by atoms with Crippen LogP contribution < -0.4 is 10.9 Å². The molecule has 1 aromatic rings. The lowest BCUT2D eigenvalue weighted by atomic mass is 10.2. The van der Waals surface area contributed by atoms with Gasteiger partial charge in [-0.05, 0) is 0 Å². The lowest BCUT2D eigenvalue weighted by Gasteiger charge is -2.13. The number of aliphatic hydroxyl groups is 2. The van der Waals surface area contributed by atoms with Gasteiger partial charge in [-0.25, -0.2) is 4.98 Å². The Hall–Kier alpha value is -1.38. The maximum absolute atomic E-state index is 12.0. The van der Waals surface area contributed by atoms with E-state index in [4.69, 9.17) is 10.2 Å². The van der Waals surface area contributed by atoms with E-state index in [1.807, 2.05) is 0 Å². The standard InChI is InChI=1S/C10H13N3O4S/c14-4-6(5-15)12-8(16)7-3-11-10-13(9(7)17)1-2-18-10/h3,6,14-15H,1-2,4-5H2,(H,12,16). The van der Waals surface area contributed by atoms with Gasteiger partial charge >= 0.3 is 0 Å². The second-order valence-electron chi connectivity index (χ2n) is 3.80. The number of thioether (sulfide) groups is 1. The zero-order valence-electron chi connectivity index (χ0n) is 9.50. The van der Waals surface area contributed by atoms with Crippen LogP contribution in [-0.4, -0.2) is 50.7 Å². The number of carbonyl (C=O) groups excluding carboxylic acids is 1. The van der Waals surface area contributed by atoms with Crippen molar-refractivity contribution in [1.29, 1.82) is 0 Å². The largest absolute Gasteiger partial charge is 0.394 e. The highest BCUT2D eigenvalue weighted by Gasteiger charge is 2.21. The monoisotopic (exact) mass is 271 g/mol. The van der Waals surface area contributed by atoms with E-state index in [0.717, 1.165) is 5.75 Å². The van der Waals surface area contributed by atoms with Crippen LogP contribution in [0.4, 0.5) is 0 Å². The summed E-state index contributed by atoms with van der Waals surface area (Å²) < 4.78 is 1.45. The van der Waals surface area contributed by atoms with Crippen LogP contribution >= 0.6 is 11.8 Å². The Bertz CT molecular complexity index is 512. The van der Waals surface area contributed by atoms with Crippen molar-refractivity contribution in [2.24, 2.45) is 0 Å². The minimum Gasteiger partial charge on any atom is -0.394 e. The fourth-order valence-electron chi connectivity index (χ4n) is 1.59. The van der Waals surface area contributed by atoms with Gasteiger partial charge in [0.25, 0.3) is 11.5 Å². The summed E-state index contributed by atoms with van der Waals surface area (Å²) in [5, 5.41) is 20.7. The molecule has 0 fully saturated rings. The van der Waals surface area contributed by atoms with Crippen molar-refractivity contribution >= 4 is 17.7 Å². The lowest BCUT2D eigenvalue weighted by Crippen LogP contribution is -2.42. The van der Waals surface area contributed by atoms with E-state index in [-0.39, 0.29) is 5.56 Å². The topological polar surface area (TPSA) is 104 Å². The molecule has 18 heavy (non-hydrogen) atoms. The van der Waals surface area contributed by atoms with Gasteiger partial charge in [-0.1, -0.05) is 11.8 Å². The van der Waals surface area contributed by atoms with Gasteiger partial charge in [0.2, 0.25) is 0 Å². The summed E-state index contributed by atoms with van der Waals surface area (Å²) in [6, 6.07) is -0.774. The average molecular weight is 271 g/mol. The number of fused-ring (bicyclic) bond motifs is 1. The third-order valence-corrected chi connectivity index (χ3v) is 3.55. The predicted octanol–water partition coefficient (Wildman–Crippen LogP) is -1.57. The van der Waals surface area contributed by atoms with Gasteiger partial charge in [0.1, 0.15) is 5.56 Å². The van der Waals surface area contributed by atoms with E-state index < -0.39 is 30.7 Å². The Morgan fingerprint density at radius 1 is 1.56 bits per heavy atom. The number of nitrogens with one attached hydrogen (secondary N) is 1. The second kappa shape index (κ2) is 5.51. The minimum atomic E-state index is -0.774. The molecule has 0 spiro atoms. The highest BCUT2D eigenvalue weighted by atomic mass is 32.2. The molecule has 1 aromatic heterocycles. The number of nitrogens with zero attached hydrogens (tertiary/aromatic N) is 2. The van der Waals surface area contributed by atoms with E-state index in [9.17, 15) is 9.59 Å². The van der Waals surface area contributed by atoms with Gasteiger partial charge < -0.3 is 15.5 Å². The second-order valence-corrected chi connectivity index (χ2v) is 4.86. The Balaban J connectivity index is 2.24. The molecule has 1 aliphatic rings. The van der Waals surface area contributed by atoms with E-state index >= 15 is 0 Å². The summed E-state index contributed by atoms with van der Waals surface area (Å²) >= 11 is 1.47. The van der Waals surface area contributed by atoms with Gasteiger partial charge in [0.05, 0.1) is 19.3 Å². The maximum Gasteiger partial charge on any atom is 0.267 e. The number of hydrogen-bond donors (Lipinski definition) is 3. The SMILES string of the molecule is O=C(NC(CO)CO)c1cnc2n(c1=O)CCS2. The van der Waals surface area contributed by atoms with Crippen LogP contribution in [0.15, 0.2) is 16.1 Å².